The van der Waals surface area contributed by atoms with Gasteiger partial charge in [0, 0.05) is 23.9 Å². The molecule has 4 unspecified atom stereocenters. The van der Waals surface area contributed by atoms with E-state index in [1.165, 1.54) is 64.5 Å². The Morgan fingerprint density at radius 1 is 1.09 bits per heavy atom. The summed E-state index contributed by atoms with van der Waals surface area (Å²) in [4.78, 5) is 2.56. The van der Waals surface area contributed by atoms with E-state index in [1.54, 1.807) is 12.5 Å². The molecule has 6 fully saturated rings. The van der Waals surface area contributed by atoms with E-state index in [9.17, 15) is 5.11 Å². The summed E-state index contributed by atoms with van der Waals surface area (Å²) < 4.78 is 18.5. The van der Waals surface area contributed by atoms with Crippen molar-refractivity contribution in [1.29, 1.82) is 0 Å². The molecule has 1 spiro atoms. The maximum atomic E-state index is 12.0. The van der Waals surface area contributed by atoms with Gasteiger partial charge in [0.25, 0.3) is 0 Å². The van der Waals surface area contributed by atoms with Crippen LogP contribution < -0.4 is 0 Å². The predicted octanol–water partition coefficient (Wildman–Crippen LogP) is 5.12. The van der Waals surface area contributed by atoms with Gasteiger partial charge in [-0.15, -0.1) is 0 Å². The molecule has 4 saturated carbocycles. The summed E-state index contributed by atoms with van der Waals surface area (Å²) in [5, 5.41) is 12.0. The molecule has 4 aliphatic carbocycles. The van der Waals surface area contributed by atoms with Crippen molar-refractivity contribution >= 4 is 0 Å². The Hall–Kier alpha value is -0.880. The highest BCUT2D eigenvalue weighted by molar-refractivity contribution is 5.37. The highest BCUT2D eigenvalue weighted by Gasteiger charge is 2.84. The maximum absolute atomic E-state index is 12.0. The van der Waals surface area contributed by atoms with Gasteiger partial charge in [0.15, 0.2) is 0 Å². The van der Waals surface area contributed by atoms with Crippen LogP contribution >= 0.6 is 0 Å². The number of nitrogens with zero attached hydrogens (tertiary/aromatic N) is 1. The average molecular weight is 470 g/mol. The molecule has 1 aromatic heterocycles. The molecule has 9 atom stereocenters. The van der Waals surface area contributed by atoms with Crippen molar-refractivity contribution in [3.8, 4) is 0 Å². The Morgan fingerprint density at radius 3 is 2.74 bits per heavy atom. The normalized spacial score (nSPS) is 52.0. The van der Waals surface area contributed by atoms with E-state index >= 15 is 0 Å². The van der Waals surface area contributed by atoms with Gasteiger partial charge in [-0.1, -0.05) is 13.8 Å². The largest absolute Gasteiger partial charge is 0.472 e. The molecule has 188 valence electrons. The van der Waals surface area contributed by atoms with Gasteiger partial charge >= 0.3 is 0 Å². The minimum atomic E-state index is -0.827. The number of furan rings is 1. The fourth-order valence-corrected chi connectivity index (χ4v) is 10.1. The zero-order chi connectivity index (χ0) is 23.2. The summed E-state index contributed by atoms with van der Waals surface area (Å²) >= 11 is 0. The molecule has 6 aliphatic rings. The van der Waals surface area contributed by atoms with Gasteiger partial charge in [-0.05, 0) is 100 Å². The fourth-order valence-electron chi connectivity index (χ4n) is 10.1. The molecule has 1 aromatic rings. The van der Waals surface area contributed by atoms with E-state index in [-0.39, 0.29) is 17.1 Å². The summed E-state index contributed by atoms with van der Waals surface area (Å²) in [6.07, 6.45) is 16.1. The second kappa shape index (κ2) is 7.57. The first kappa shape index (κ1) is 22.3. The molecule has 3 heterocycles. The van der Waals surface area contributed by atoms with Gasteiger partial charge in [-0.2, -0.15) is 0 Å². The highest BCUT2D eigenvalue weighted by atomic mass is 16.6. The van der Waals surface area contributed by atoms with Crippen molar-refractivity contribution in [2.24, 2.45) is 28.6 Å². The van der Waals surface area contributed by atoms with Crippen LogP contribution in [0.3, 0.4) is 0 Å². The SMILES string of the molecule is C[C@]12CCC(OCCN3CCCC3)CC1CC[C@@H]1[C@H]2CC[C@]2(C)C(O)(c3ccoc3)CC3O[C@]312. The van der Waals surface area contributed by atoms with Crippen LogP contribution in [0.1, 0.15) is 83.6 Å². The Bertz CT molecular complexity index is 913. The second-order valence-electron chi connectivity index (χ2n) is 13.2. The molecule has 7 rings (SSSR count). The zero-order valence-corrected chi connectivity index (χ0v) is 21.1. The molecule has 0 radical (unpaired) electrons. The molecule has 1 N–H and O–H groups in total. The molecule has 5 nitrogen and oxygen atoms in total. The van der Waals surface area contributed by atoms with Crippen LogP contribution in [0, 0.1) is 28.6 Å². The van der Waals surface area contributed by atoms with Crippen LogP contribution in [0.25, 0.3) is 0 Å². The lowest BCUT2D eigenvalue weighted by Crippen LogP contribution is -2.61. The Balaban J connectivity index is 1.07. The fraction of sp³-hybridized carbons (Fsp3) is 0.862. The van der Waals surface area contributed by atoms with Gasteiger partial charge < -0.3 is 23.9 Å². The van der Waals surface area contributed by atoms with E-state index in [0.29, 0.717) is 23.4 Å². The van der Waals surface area contributed by atoms with Crippen molar-refractivity contribution in [2.75, 3.05) is 26.2 Å². The van der Waals surface area contributed by atoms with E-state index in [4.69, 9.17) is 13.9 Å². The topological polar surface area (TPSA) is 58.4 Å². The first-order chi connectivity index (χ1) is 16.4. The molecule has 0 aromatic carbocycles. The minimum Gasteiger partial charge on any atom is -0.472 e. The number of ether oxygens (including phenoxy) is 2. The molecule has 2 aliphatic heterocycles. The molecular weight excluding hydrogens is 426 g/mol. The minimum absolute atomic E-state index is 0.140. The number of likely N-dealkylation sites (tertiary alicyclic amines) is 1. The van der Waals surface area contributed by atoms with Crippen molar-refractivity contribution in [1.82, 2.24) is 4.90 Å². The number of hydrogen-bond acceptors (Lipinski definition) is 5. The number of epoxide rings is 1. The van der Waals surface area contributed by atoms with Crippen LogP contribution in [0.5, 0.6) is 0 Å². The third kappa shape index (κ3) is 2.82. The van der Waals surface area contributed by atoms with Crippen LogP contribution in [0.2, 0.25) is 0 Å². The number of hydrogen-bond donors (Lipinski definition) is 1. The van der Waals surface area contributed by atoms with Crippen LogP contribution in [-0.4, -0.2) is 54.1 Å². The van der Waals surface area contributed by atoms with Crippen molar-refractivity contribution in [2.45, 2.75) is 101 Å². The summed E-state index contributed by atoms with van der Waals surface area (Å²) in [5.74, 6) is 2.05. The van der Waals surface area contributed by atoms with Crippen LogP contribution in [0.15, 0.2) is 23.0 Å². The predicted molar refractivity (Wildman–Crippen MR) is 129 cm³/mol. The Kier molecular flexibility index (Phi) is 4.97. The molecule has 34 heavy (non-hydrogen) atoms. The third-order valence-corrected chi connectivity index (χ3v) is 12.1. The van der Waals surface area contributed by atoms with E-state index < -0.39 is 5.60 Å². The molecule has 5 heteroatoms. The average Bonchev–Trinajstić information content (AvgIpc) is 3.26. The lowest BCUT2D eigenvalue weighted by atomic mass is 9.43. The van der Waals surface area contributed by atoms with Crippen molar-refractivity contribution in [3.63, 3.8) is 0 Å². The number of rotatable bonds is 5. The Morgan fingerprint density at radius 2 is 1.94 bits per heavy atom. The molecule has 0 bridgehead atoms. The first-order valence-electron chi connectivity index (χ1n) is 14.2. The highest BCUT2D eigenvalue weighted by Crippen LogP contribution is 2.79. The standard InChI is InChI=1S/C29H43NO4/c1-26-10-7-22(33-16-14-30-12-3-4-13-30)17-20(26)5-6-24-23(26)8-11-27(2)28(31,21-9-15-32-19-21)18-25-29(24,27)34-25/h9,15,19-20,22-25,31H,3-8,10-14,16-18H2,1-2H3/t20?,22?,23-,24-,25?,26+,27-,28?,29+/m1/s1. The van der Waals surface area contributed by atoms with Gasteiger partial charge in [-0.3, -0.25) is 0 Å². The monoisotopic (exact) mass is 469 g/mol. The van der Waals surface area contributed by atoms with Gasteiger partial charge in [-0.25, -0.2) is 0 Å². The molecule has 2 saturated heterocycles. The van der Waals surface area contributed by atoms with Crippen LogP contribution in [-0.2, 0) is 15.1 Å². The van der Waals surface area contributed by atoms with Crippen molar-refractivity contribution < 1.29 is 19.0 Å². The summed E-state index contributed by atoms with van der Waals surface area (Å²) in [5.41, 5.74) is 0.149. The first-order valence-corrected chi connectivity index (χ1v) is 14.2. The lowest BCUT2D eigenvalue weighted by Gasteiger charge is -2.62. The second-order valence-corrected chi connectivity index (χ2v) is 13.2. The number of aliphatic hydroxyl groups is 1. The van der Waals surface area contributed by atoms with E-state index in [1.807, 2.05) is 6.07 Å². The van der Waals surface area contributed by atoms with Gasteiger partial charge in [0.1, 0.15) is 11.2 Å². The zero-order valence-electron chi connectivity index (χ0n) is 21.1. The van der Waals surface area contributed by atoms with Crippen molar-refractivity contribution in [3.05, 3.63) is 24.2 Å². The Labute approximate surface area is 204 Å². The molecular formula is C29H43NO4. The summed E-state index contributed by atoms with van der Waals surface area (Å²) in [6.45, 7) is 9.46. The lowest BCUT2D eigenvalue weighted by molar-refractivity contribution is -0.195. The third-order valence-electron chi connectivity index (χ3n) is 12.1. The summed E-state index contributed by atoms with van der Waals surface area (Å²) in [7, 11) is 0. The molecule has 0 amide bonds. The van der Waals surface area contributed by atoms with Crippen LogP contribution in [0.4, 0.5) is 0 Å². The van der Waals surface area contributed by atoms with E-state index in [2.05, 4.69) is 18.7 Å². The summed E-state index contributed by atoms with van der Waals surface area (Å²) in [6, 6.07) is 1.97. The smallest absolute Gasteiger partial charge is 0.106 e. The van der Waals surface area contributed by atoms with E-state index in [0.717, 1.165) is 37.5 Å². The maximum Gasteiger partial charge on any atom is 0.106 e. The quantitative estimate of drug-likeness (QED) is 0.607. The van der Waals surface area contributed by atoms with Gasteiger partial charge in [0.2, 0.25) is 0 Å². The number of fused-ring (bicyclic) bond motifs is 3. The van der Waals surface area contributed by atoms with Gasteiger partial charge in [0.05, 0.1) is 31.3 Å².